The molecule has 90 valence electrons. The molecule has 0 aliphatic carbocycles. The summed E-state index contributed by atoms with van der Waals surface area (Å²) in [5.74, 6) is -0.560. The predicted molar refractivity (Wildman–Crippen MR) is 65.3 cm³/mol. The zero-order valence-electron chi connectivity index (χ0n) is 10.2. The molecule has 3 heteroatoms. The van der Waals surface area contributed by atoms with Crippen LogP contribution in [0.15, 0.2) is 30.3 Å². The van der Waals surface area contributed by atoms with Gasteiger partial charge in [-0.15, -0.1) is 0 Å². The van der Waals surface area contributed by atoms with Gasteiger partial charge in [0.05, 0.1) is 5.92 Å². The SMILES string of the molecule is CCC1(C)CC(=O)NC(=O)C1c1ccccc1. The fourth-order valence-electron chi connectivity index (χ4n) is 2.57. The van der Waals surface area contributed by atoms with E-state index in [0.717, 1.165) is 12.0 Å². The zero-order valence-corrected chi connectivity index (χ0v) is 10.2. The van der Waals surface area contributed by atoms with Crippen LogP contribution < -0.4 is 5.32 Å². The van der Waals surface area contributed by atoms with Crippen molar-refractivity contribution >= 4 is 11.8 Å². The Bertz CT molecular complexity index is 441. The molecule has 0 radical (unpaired) electrons. The van der Waals surface area contributed by atoms with Crippen molar-refractivity contribution in [3.8, 4) is 0 Å². The van der Waals surface area contributed by atoms with E-state index in [2.05, 4.69) is 5.32 Å². The van der Waals surface area contributed by atoms with Crippen molar-refractivity contribution in [1.82, 2.24) is 5.32 Å². The molecule has 1 aliphatic heterocycles. The lowest BCUT2D eigenvalue weighted by atomic mass is 9.67. The lowest BCUT2D eigenvalue weighted by Crippen LogP contribution is -2.49. The van der Waals surface area contributed by atoms with Crippen LogP contribution >= 0.6 is 0 Å². The summed E-state index contributed by atoms with van der Waals surface area (Å²) >= 11 is 0. The van der Waals surface area contributed by atoms with Gasteiger partial charge in [0.15, 0.2) is 0 Å². The number of carbonyl (C=O) groups is 2. The number of rotatable bonds is 2. The van der Waals surface area contributed by atoms with Gasteiger partial charge in [0.2, 0.25) is 11.8 Å². The van der Waals surface area contributed by atoms with Crippen molar-refractivity contribution in [3.63, 3.8) is 0 Å². The summed E-state index contributed by atoms with van der Waals surface area (Å²) in [6, 6.07) is 9.69. The number of piperidine rings is 1. The molecular formula is C14H17NO2. The third-order valence-corrected chi connectivity index (χ3v) is 3.73. The summed E-state index contributed by atoms with van der Waals surface area (Å²) < 4.78 is 0. The highest BCUT2D eigenvalue weighted by molar-refractivity contribution is 6.02. The van der Waals surface area contributed by atoms with Crippen LogP contribution in [0.5, 0.6) is 0 Å². The number of imide groups is 1. The molecule has 0 bridgehead atoms. The topological polar surface area (TPSA) is 46.2 Å². The molecule has 17 heavy (non-hydrogen) atoms. The van der Waals surface area contributed by atoms with Crippen LogP contribution in [0.1, 0.15) is 38.2 Å². The van der Waals surface area contributed by atoms with Gasteiger partial charge in [-0.3, -0.25) is 14.9 Å². The first-order chi connectivity index (χ1) is 8.07. The smallest absolute Gasteiger partial charge is 0.234 e. The van der Waals surface area contributed by atoms with E-state index < -0.39 is 0 Å². The minimum absolute atomic E-state index is 0.161. The number of nitrogens with one attached hydrogen (secondary N) is 1. The van der Waals surface area contributed by atoms with Gasteiger partial charge in [-0.05, 0) is 17.4 Å². The van der Waals surface area contributed by atoms with Crippen LogP contribution in [0, 0.1) is 5.41 Å². The van der Waals surface area contributed by atoms with E-state index in [1.807, 2.05) is 44.2 Å². The first kappa shape index (κ1) is 11.8. The molecule has 2 rings (SSSR count). The number of amides is 2. The molecular weight excluding hydrogens is 214 g/mol. The minimum Gasteiger partial charge on any atom is -0.296 e. The second kappa shape index (κ2) is 4.32. The standard InChI is InChI=1S/C14H17NO2/c1-3-14(2)9-11(16)15-13(17)12(14)10-7-5-4-6-8-10/h4-8,12H,3,9H2,1-2H3,(H,15,16,17). The van der Waals surface area contributed by atoms with E-state index in [-0.39, 0.29) is 23.1 Å². The number of hydrogen-bond donors (Lipinski definition) is 1. The summed E-state index contributed by atoms with van der Waals surface area (Å²) in [7, 11) is 0. The van der Waals surface area contributed by atoms with Crippen LogP contribution in [0.2, 0.25) is 0 Å². The molecule has 2 atom stereocenters. The first-order valence-electron chi connectivity index (χ1n) is 5.95. The second-order valence-electron chi connectivity index (χ2n) is 4.94. The number of carbonyl (C=O) groups excluding carboxylic acids is 2. The molecule has 1 aliphatic rings. The van der Waals surface area contributed by atoms with Crippen molar-refractivity contribution < 1.29 is 9.59 Å². The van der Waals surface area contributed by atoms with Gasteiger partial charge in [-0.2, -0.15) is 0 Å². The molecule has 1 aromatic carbocycles. The van der Waals surface area contributed by atoms with E-state index in [9.17, 15) is 9.59 Å². The van der Waals surface area contributed by atoms with E-state index in [1.54, 1.807) is 0 Å². The van der Waals surface area contributed by atoms with Crippen LogP contribution in [0.3, 0.4) is 0 Å². The molecule has 1 heterocycles. The molecule has 2 unspecified atom stereocenters. The average molecular weight is 231 g/mol. The van der Waals surface area contributed by atoms with E-state index >= 15 is 0 Å². The van der Waals surface area contributed by atoms with Crippen molar-refractivity contribution in [2.45, 2.75) is 32.6 Å². The van der Waals surface area contributed by atoms with Crippen molar-refractivity contribution in [1.29, 1.82) is 0 Å². The van der Waals surface area contributed by atoms with Gasteiger partial charge in [0.1, 0.15) is 0 Å². The molecule has 1 saturated heterocycles. The Labute approximate surface area is 101 Å². The Kier molecular flexibility index (Phi) is 3.01. The highest BCUT2D eigenvalue weighted by atomic mass is 16.2. The van der Waals surface area contributed by atoms with Gasteiger partial charge in [0.25, 0.3) is 0 Å². The van der Waals surface area contributed by atoms with Crippen LogP contribution in [0.4, 0.5) is 0 Å². The molecule has 0 spiro atoms. The summed E-state index contributed by atoms with van der Waals surface area (Å²) in [5, 5.41) is 2.44. The largest absolute Gasteiger partial charge is 0.296 e. The lowest BCUT2D eigenvalue weighted by Gasteiger charge is -2.39. The minimum atomic E-state index is -0.277. The molecule has 1 aromatic rings. The van der Waals surface area contributed by atoms with Crippen molar-refractivity contribution in [2.75, 3.05) is 0 Å². The van der Waals surface area contributed by atoms with E-state index in [4.69, 9.17) is 0 Å². The first-order valence-corrected chi connectivity index (χ1v) is 5.95. The lowest BCUT2D eigenvalue weighted by molar-refractivity contribution is -0.139. The Balaban J connectivity index is 2.42. The molecule has 1 fully saturated rings. The molecule has 3 nitrogen and oxygen atoms in total. The molecule has 0 aromatic heterocycles. The summed E-state index contributed by atoms with van der Waals surface area (Å²) in [6.45, 7) is 4.04. The molecule has 1 N–H and O–H groups in total. The van der Waals surface area contributed by atoms with Crippen LogP contribution in [-0.4, -0.2) is 11.8 Å². The Hall–Kier alpha value is -1.64. The van der Waals surface area contributed by atoms with Gasteiger partial charge >= 0.3 is 0 Å². The molecule has 2 amide bonds. The van der Waals surface area contributed by atoms with E-state index in [0.29, 0.717) is 6.42 Å². The second-order valence-corrected chi connectivity index (χ2v) is 4.94. The quantitative estimate of drug-likeness (QED) is 0.793. The Morgan fingerprint density at radius 1 is 1.29 bits per heavy atom. The highest BCUT2D eigenvalue weighted by Gasteiger charge is 2.44. The average Bonchev–Trinajstić information content (AvgIpc) is 2.29. The van der Waals surface area contributed by atoms with Crippen LogP contribution in [0.25, 0.3) is 0 Å². The maximum atomic E-state index is 12.0. The summed E-state index contributed by atoms with van der Waals surface area (Å²) in [6.07, 6.45) is 1.22. The van der Waals surface area contributed by atoms with Gasteiger partial charge in [-0.1, -0.05) is 44.2 Å². The Morgan fingerprint density at radius 2 is 1.94 bits per heavy atom. The fourth-order valence-corrected chi connectivity index (χ4v) is 2.57. The normalized spacial score (nSPS) is 28.9. The third-order valence-electron chi connectivity index (χ3n) is 3.73. The predicted octanol–water partition coefficient (Wildman–Crippen LogP) is 2.23. The summed E-state index contributed by atoms with van der Waals surface area (Å²) in [5.41, 5.74) is 0.711. The van der Waals surface area contributed by atoms with Crippen molar-refractivity contribution in [3.05, 3.63) is 35.9 Å². The van der Waals surface area contributed by atoms with Crippen molar-refractivity contribution in [2.24, 2.45) is 5.41 Å². The maximum Gasteiger partial charge on any atom is 0.234 e. The zero-order chi connectivity index (χ0) is 12.5. The highest BCUT2D eigenvalue weighted by Crippen LogP contribution is 2.43. The van der Waals surface area contributed by atoms with Gasteiger partial charge < -0.3 is 0 Å². The fraction of sp³-hybridized carbons (Fsp3) is 0.429. The maximum absolute atomic E-state index is 12.0. The third kappa shape index (κ3) is 2.09. The summed E-state index contributed by atoms with van der Waals surface area (Å²) in [4.78, 5) is 23.5. The Morgan fingerprint density at radius 3 is 2.53 bits per heavy atom. The van der Waals surface area contributed by atoms with E-state index in [1.165, 1.54) is 0 Å². The number of hydrogen-bond acceptors (Lipinski definition) is 2. The monoisotopic (exact) mass is 231 g/mol. The molecule has 0 saturated carbocycles. The van der Waals surface area contributed by atoms with Gasteiger partial charge in [0, 0.05) is 6.42 Å². The van der Waals surface area contributed by atoms with Crippen LogP contribution in [-0.2, 0) is 9.59 Å². The number of benzene rings is 1. The van der Waals surface area contributed by atoms with Gasteiger partial charge in [-0.25, -0.2) is 0 Å².